The average molecular weight is 164 g/mol. The fourth-order valence-electron chi connectivity index (χ4n) is 5.15. The van der Waals surface area contributed by atoms with Gasteiger partial charge in [0, 0.05) is 0 Å². The Kier molecular flexibility index (Phi) is 0.744. The zero-order valence-electron chi connectivity index (χ0n) is 7.59. The van der Waals surface area contributed by atoms with Crippen molar-refractivity contribution >= 4 is 0 Å². The third-order valence-electron chi connectivity index (χ3n) is 5.80. The standard InChI is InChI=1S/C11H16O/c1-10-3-6-2-8-7(9(6)12)4-11(8,10)5-10/h6-9,12H,2-5H2,1H3. The average Bonchev–Trinajstić information content (AvgIpc) is 2.57. The first-order valence-electron chi connectivity index (χ1n) is 5.34. The van der Waals surface area contributed by atoms with E-state index < -0.39 is 0 Å². The molecular formula is C11H16O. The summed E-state index contributed by atoms with van der Waals surface area (Å²) in [4.78, 5) is 0. The van der Waals surface area contributed by atoms with Crippen LogP contribution < -0.4 is 0 Å². The zero-order valence-corrected chi connectivity index (χ0v) is 7.59. The summed E-state index contributed by atoms with van der Waals surface area (Å²) >= 11 is 0. The third-order valence-corrected chi connectivity index (χ3v) is 5.80. The lowest BCUT2D eigenvalue weighted by molar-refractivity contribution is -0.00957. The Balaban J connectivity index is 1.85. The molecular weight excluding hydrogens is 148 g/mol. The SMILES string of the molecule is CC12CC3CC4C(CC41C2)C3O. The van der Waals surface area contributed by atoms with E-state index in [0.717, 1.165) is 17.3 Å². The molecule has 4 aliphatic rings. The minimum Gasteiger partial charge on any atom is -0.393 e. The summed E-state index contributed by atoms with van der Waals surface area (Å²) in [6.07, 6.45) is 5.64. The van der Waals surface area contributed by atoms with Gasteiger partial charge >= 0.3 is 0 Å². The molecule has 66 valence electrons. The summed E-state index contributed by atoms with van der Waals surface area (Å²) in [5.74, 6) is 2.35. The van der Waals surface area contributed by atoms with Crippen LogP contribution in [-0.4, -0.2) is 11.2 Å². The van der Waals surface area contributed by atoms with Crippen molar-refractivity contribution in [2.75, 3.05) is 0 Å². The molecule has 4 saturated carbocycles. The molecule has 6 unspecified atom stereocenters. The molecule has 0 aromatic carbocycles. The van der Waals surface area contributed by atoms with Gasteiger partial charge in [-0.1, -0.05) is 6.92 Å². The summed E-state index contributed by atoms with van der Waals surface area (Å²) in [6.45, 7) is 2.46. The molecule has 1 nitrogen and oxygen atoms in total. The minimum absolute atomic E-state index is 0.0882. The summed E-state index contributed by atoms with van der Waals surface area (Å²) in [6, 6.07) is 0. The summed E-state index contributed by atoms with van der Waals surface area (Å²) < 4.78 is 0. The van der Waals surface area contributed by atoms with Crippen LogP contribution in [0.2, 0.25) is 0 Å². The van der Waals surface area contributed by atoms with E-state index in [0.29, 0.717) is 11.3 Å². The molecule has 1 heteroatoms. The molecule has 6 atom stereocenters. The van der Waals surface area contributed by atoms with E-state index in [9.17, 15) is 5.11 Å². The summed E-state index contributed by atoms with van der Waals surface area (Å²) in [5.41, 5.74) is 1.43. The third kappa shape index (κ3) is 0.396. The quantitative estimate of drug-likeness (QED) is 0.579. The van der Waals surface area contributed by atoms with Gasteiger partial charge in [0.05, 0.1) is 6.10 Å². The first-order valence-corrected chi connectivity index (χ1v) is 5.34. The van der Waals surface area contributed by atoms with Gasteiger partial charge in [0.15, 0.2) is 0 Å². The van der Waals surface area contributed by atoms with E-state index in [2.05, 4.69) is 6.92 Å². The number of hydrogen-bond donors (Lipinski definition) is 1. The molecule has 0 saturated heterocycles. The first kappa shape index (κ1) is 6.42. The molecule has 4 rings (SSSR count). The number of aliphatic hydroxyl groups is 1. The van der Waals surface area contributed by atoms with Gasteiger partial charge in [-0.2, -0.15) is 0 Å². The Bertz CT molecular complexity index is 274. The monoisotopic (exact) mass is 164 g/mol. The maximum atomic E-state index is 9.96. The molecule has 0 aromatic rings. The van der Waals surface area contributed by atoms with Crippen LogP contribution >= 0.6 is 0 Å². The van der Waals surface area contributed by atoms with Crippen LogP contribution in [0.5, 0.6) is 0 Å². The maximum Gasteiger partial charge on any atom is 0.0599 e. The highest BCUT2D eigenvalue weighted by Crippen LogP contribution is 2.86. The molecule has 2 bridgehead atoms. The van der Waals surface area contributed by atoms with Crippen LogP contribution in [0.1, 0.15) is 32.6 Å². The lowest BCUT2D eigenvalue weighted by Crippen LogP contribution is -2.41. The van der Waals surface area contributed by atoms with Gasteiger partial charge in [-0.05, 0) is 54.3 Å². The minimum atomic E-state index is 0.0882. The van der Waals surface area contributed by atoms with Gasteiger partial charge < -0.3 is 5.11 Å². The Morgan fingerprint density at radius 2 is 2.17 bits per heavy atom. The summed E-state index contributed by atoms with van der Waals surface area (Å²) in [7, 11) is 0. The molecule has 0 heterocycles. The van der Waals surface area contributed by atoms with Crippen LogP contribution in [0.3, 0.4) is 0 Å². The zero-order chi connectivity index (χ0) is 8.14. The van der Waals surface area contributed by atoms with Crippen molar-refractivity contribution < 1.29 is 5.11 Å². The summed E-state index contributed by atoms with van der Waals surface area (Å²) in [5, 5.41) is 9.96. The molecule has 12 heavy (non-hydrogen) atoms. The van der Waals surface area contributed by atoms with Crippen LogP contribution in [0.25, 0.3) is 0 Å². The highest BCUT2D eigenvalue weighted by molar-refractivity contribution is 5.29. The molecule has 1 spiro atoms. The Hall–Kier alpha value is -0.0400. The van der Waals surface area contributed by atoms with Crippen molar-refractivity contribution in [2.45, 2.75) is 38.7 Å². The van der Waals surface area contributed by atoms with Crippen molar-refractivity contribution in [3.63, 3.8) is 0 Å². The second-order valence-electron chi connectivity index (χ2n) is 6.06. The molecule has 0 amide bonds. The van der Waals surface area contributed by atoms with Gasteiger partial charge in [-0.3, -0.25) is 0 Å². The fourth-order valence-corrected chi connectivity index (χ4v) is 5.15. The molecule has 0 radical (unpaired) electrons. The predicted molar refractivity (Wildman–Crippen MR) is 45.5 cm³/mol. The van der Waals surface area contributed by atoms with Crippen molar-refractivity contribution in [3.05, 3.63) is 0 Å². The number of fused-ring (bicyclic) bond motifs is 1. The molecule has 4 fully saturated rings. The number of hydrogen-bond acceptors (Lipinski definition) is 1. The van der Waals surface area contributed by atoms with Gasteiger partial charge in [0.25, 0.3) is 0 Å². The van der Waals surface area contributed by atoms with Crippen LogP contribution in [0.15, 0.2) is 0 Å². The van der Waals surface area contributed by atoms with Crippen LogP contribution in [0.4, 0.5) is 0 Å². The Morgan fingerprint density at radius 3 is 3.00 bits per heavy atom. The van der Waals surface area contributed by atoms with Crippen molar-refractivity contribution in [2.24, 2.45) is 28.6 Å². The lowest BCUT2D eigenvalue weighted by Gasteiger charge is -2.46. The van der Waals surface area contributed by atoms with E-state index in [1.807, 2.05) is 0 Å². The van der Waals surface area contributed by atoms with Gasteiger partial charge in [0.1, 0.15) is 0 Å². The highest BCUT2D eigenvalue weighted by atomic mass is 16.3. The Labute approximate surface area is 73.2 Å². The second kappa shape index (κ2) is 1.39. The van der Waals surface area contributed by atoms with Crippen LogP contribution in [-0.2, 0) is 0 Å². The molecule has 0 aromatic heterocycles. The van der Waals surface area contributed by atoms with E-state index in [-0.39, 0.29) is 6.10 Å². The normalized spacial score (nSPS) is 76.5. The van der Waals surface area contributed by atoms with Crippen molar-refractivity contribution in [1.82, 2.24) is 0 Å². The molecule has 4 aliphatic carbocycles. The van der Waals surface area contributed by atoms with Gasteiger partial charge in [-0.15, -0.1) is 0 Å². The van der Waals surface area contributed by atoms with Crippen molar-refractivity contribution in [3.8, 4) is 0 Å². The van der Waals surface area contributed by atoms with Gasteiger partial charge in [0.2, 0.25) is 0 Å². The largest absolute Gasteiger partial charge is 0.393 e. The van der Waals surface area contributed by atoms with Crippen LogP contribution in [0, 0.1) is 28.6 Å². The number of aliphatic hydroxyl groups excluding tert-OH is 1. The first-order chi connectivity index (χ1) is 5.66. The second-order valence-corrected chi connectivity index (χ2v) is 6.06. The van der Waals surface area contributed by atoms with E-state index in [1.54, 1.807) is 0 Å². The number of rotatable bonds is 0. The fraction of sp³-hybridized carbons (Fsp3) is 1.00. The molecule has 1 N–H and O–H groups in total. The highest BCUT2D eigenvalue weighted by Gasteiger charge is 2.80. The van der Waals surface area contributed by atoms with E-state index in [4.69, 9.17) is 0 Å². The lowest BCUT2D eigenvalue weighted by atomic mass is 9.59. The van der Waals surface area contributed by atoms with E-state index in [1.165, 1.54) is 25.7 Å². The topological polar surface area (TPSA) is 20.2 Å². The predicted octanol–water partition coefficient (Wildman–Crippen LogP) is 1.80. The van der Waals surface area contributed by atoms with Crippen molar-refractivity contribution in [1.29, 1.82) is 0 Å². The maximum absolute atomic E-state index is 9.96. The molecule has 0 aliphatic heterocycles. The van der Waals surface area contributed by atoms with Gasteiger partial charge in [-0.25, -0.2) is 0 Å². The van der Waals surface area contributed by atoms with E-state index >= 15 is 0 Å². The Morgan fingerprint density at radius 1 is 1.33 bits per heavy atom. The smallest absolute Gasteiger partial charge is 0.0599 e.